The molecule has 13 heavy (non-hydrogen) atoms. The van der Waals surface area contributed by atoms with Crippen LogP contribution in [-0.4, -0.2) is 13.1 Å². The molecule has 1 aromatic carbocycles. The molecular formula is C11H12FN. The predicted octanol–water partition coefficient (Wildman–Crippen LogP) is 2.12. The molecule has 0 spiro atoms. The van der Waals surface area contributed by atoms with E-state index in [2.05, 4.69) is 11.4 Å². The lowest BCUT2D eigenvalue weighted by molar-refractivity contribution is 0.618. The third-order valence-electron chi connectivity index (χ3n) is 2.34. The lowest BCUT2D eigenvalue weighted by Crippen LogP contribution is -2.07. The van der Waals surface area contributed by atoms with Gasteiger partial charge in [0.2, 0.25) is 0 Å². The second-order valence-corrected chi connectivity index (χ2v) is 3.32. The van der Waals surface area contributed by atoms with Crippen LogP contribution in [0.5, 0.6) is 0 Å². The Hall–Kier alpha value is -1.15. The molecule has 0 fully saturated rings. The van der Waals surface area contributed by atoms with Gasteiger partial charge < -0.3 is 5.32 Å². The molecule has 1 aliphatic heterocycles. The Morgan fingerprint density at radius 3 is 2.85 bits per heavy atom. The van der Waals surface area contributed by atoms with Gasteiger partial charge in [0.05, 0.1) is 0 Å². The smallest absolute Gasteiger partial charge is 0.126 e. The van der Waals surface area contributed by atoms with E-state index in [4.69, 9.17) is 0 Å². The molecule has 1 N–H and O–H groups in total. The van der Waals surface area contributed by atoms with Crippen LogP contribution in [0, 0.1) is 12.7 Å². The van der Waals surface area contributed by atoms with E-state index in [0.717, 1.165) is 18.7 Å². The van der Waals surface area contributed by atoms with E-state index in [9.17, 15) is 4.39 Å². The molecule has 0 aliphatic carbocycles. The molecule has 1 aromatic rings. The van der Waals surface area contributed by atoms with Crippen molar-refractivity contribution in [3.8, 4) is 0 Å². The Balaban J connectivity index is 2.36. The first-order chi connectivity index (χ1) is 6.27. The predicted molar refractivity (Wildman–Crippen MR) is 52.0 cm³/mol. The third kappa shape index (κ3) is 1.63. The number of aryl methyl sites for hydroxylation is 1. The van der Waals surface area contributed by atoms with Gasteiger partial charge in [0.1, 0.15) is 5.82 Å². The van der Waals surface area contributed by atoms with Gasteiger partial charge in [0.25, 0.3) is 0 Å². The molecule has 68 valence electrons. The molecule has 0 saturated carbocycles. The Labute approximate surface area is 77.3 Å². The molecule has 0 atom stereocenters. The van der Waals surface area contributed by atoms with Crippen molar-refractivity contribution in [1.29, 1.82) is 0 Å². The van der Waals surface area contributed by atoms with Gasteiger partial charge in [-0.15, -0.1) is 0 Å². The Kier molecular flexibility index (Phi) is 2.15. The highest BCUT2D eigenvalue weighted by molar-refractivity contribution is 5.69. The van der Waals surface area contributed by atoms with E-state index in [0.29, 0.717) is 5.56 Å². The van der Waals surface area contributed by atoms with Gasteiger partial charge in [-0.1, -0.05) is 12.1 Å². The molecule has 2 rings (SSSR count). The number of benzene rings is 1. The number of nitrogens with one attached hydrogen (secondary N) is 1. The maximum atomic E-state index is 13.0. The van der Waals surface area contributed by atoms with E-state index in [1.807, 2.05) is 12.1 Å². The second kappa shape index (κ2) is 3.30. The summed E-state index contributed by atoms with van der Waals surface area (Å²) in [7, 11) is 0. The number of halogens is 1. The van der Waals surface area contributed by atoms with Crippen molar-refractivity contribution in [2.45, 2.75) is 6.92 Å². The lowest BCUT2D eigenvalue weighted by Gasteiger charge is -2.03. The van der Waals surface area contributed by atoms with Crippen LogP contribution in [0.15, 0.2) is 24.3 Å². The van der Waals surface area contributed by atoms with Crippen LogP contribution in [0.1, 0.15) is 11.1 Å². The highest BCUT2D eigenvalue weighted by Gasteiger charge is 2.07. The molecule has 0 unspecified atom stereocenters. The zero-order valence-electron chi connectivity index (χ0n) is 7.60. The minimum atomic E-state index is -0.129. The van der Waals surface area contributed by atoms with Gasteiger partial charge in [-0.25, -0.2) is 4.39 Å². The topological polar surface area (TPSA) is 12.0 Å². The van der Waals surface area contributed by atoms with Crippen LogP contribution in [0.25, 0.3) is 5.57 Å². The van der Waals surface area contributed by atoms with Crippen molar-refractivity contribution in [2.24, 2.45) is 0 Å². The van der Waals surface area contributed by atoms with Crippen LogP contribution >= 0.6 is 0 Å². The highest BCUT2D eigenvalue weighted by atomic mass is 19.1. The van der Waals surface area contributed by atoms with Crippen molar-refractivity contribution in [3.63, 3.8) is 0 Å². The standard InChI is InChI=1S/C11H12FN/c1-8-6-9(2-3-11(8)12)10-4-5-13-7-10/h2-4,6,13H,5,7H2,1H3. The largest absolute Gasteiger partial charge is 0.309 e. The summed E-state index contributed by atoms with van der Waals surface area (Å²) < 4.78 is 13.0. The zero-order valence-corrected chi connectivity index (χ0v) is 7.60. The Morgan fingerprint density at radius 1 is 1.38 bits per heavy atom. The van der Waals surface area contributed by atoms with Gasteiger partial charge in [-0.3, -0.25) is 0 Å². The van der Waals surface area contributed by atoms with Crippen molar-refractivity contribution >= 4 is 5.57 Å². The van der Waals surface area contributed by atoms with Crippen molar-refractivity contribution < 1.29 is 4.39 Å². The fourth-order valence-electron chi connectivity index (χ4n) is 1.54. The first-order valence-electron chi connectivity index (χ1n) is 4.43. The summed E-state index contributed by atoms with van der Waals surface area (Å²) in [6, 6.07) is 5.26. The van der Waals surface area contributed by atoms with E-state index < -0.39 is 0 Å². The van der Waals surface area contributed by atoms with Crippen LogP contribution in [-0.2, 0) is 0 Å². The quantitative estimate of drug-likeness (QED) is 0.692. The number of hydrogen-bond acceptors (Lipinski definition) is 1. The Bertz CT molecular complexity index is 355. The van der Waals surface area contributed by atoms with Gasteiger partial charge in [-0.05, 0) is 35.8 Å². The molecule has 0 radical (unpaired) electrons. The highest BCUT2D eigenvalue weighted by Crippen LogP contribution is 2.18. The second-order valence-electron chi connectivity index (χ2n) is 3.32. The normalized spacial score (nSPS) is 16.0. The first-order valence-corrected chi connectivity index (χ1v) is 4.43. The summed E-state index contributed by atoms with van der Waals surface area (Å²) in [6.45, 7) is 3.61. The van der Waals surface area contributed by atoms with Crippen LogP contribution in [0.2, 0.25) is 0 Å². The minimum absolute atomic E-state index is 0.129. The third-order valence-corrected chi connectivity index (χ3v) is 2.34. The van der Waals surface area contributed by atoms with Crippen molar-refractivity contribution in [3.05, 3.63) is 41.2 Å². The molecule has 1 aliphatic rings. The van der Waals surface area contributed by atoms with Crippen LogP contribution < -0.4 is 5.32 Å². The van der Waals surface area contributed by atoms with Gasteiger partial charge in [-0.2, -0.15) is 0 Å². The zero-order chi connectivity index (χ0) is 9.26. The number of rotatable bonds is 1. The Morgan fingerprint density at radius 2 is 2.23 bits per heavy atom. The van der Waals surface area contributed by atoms with Crippen LogP contribution in [0.4, 0.5) is 4.39 Å². The average Bonchev–Trinajstić information content (AvgIpc) is 2.62. The lowest BCUT2D eigenvalue weighted by atomic mass is 10.0. The molecule has 0 amide bonds. The van der Waals surface area contributed by atoms with Gasteiger partial charge >= 0.3 is 0 Å². The fraction of sp³-hybridized carbons (Fsp3) is 0.273. The molecule has 1 nitrogen and oxygen atoms in total. The monoisotopic (exact) mass is 177 g/mol. The van der Waals surface area contributed by atoms with E-state index in [1.54, 1.807) is 6.92 Å². The van der Waals surface area contributed by atoms with E-state index >= 15 is 0 Å². The molecule has 0 saturated heterocycles. The summed E-state index contributed by atoms with van der Waals surface area (Å²) in [4.78, 5) is 0. The summed E-state index contributed by atoms with van der Waals surface area (Å²) in [5, 5.41) is 3.22. The molecule has 1 heterocycles. The minimum Gasteiger partial charge on any atom is -0.309 e. The van der Waals surface area contributed by atoms with E-state index in [-0.39, 0.29) is 5.82 Å². The summed E-state index contributed by atoms with van der Waals surface area (Å²) in [5.41, 5.74) is 3.11. The van der Waals surface area contributed by atoms with Crippen molar-refractivity contribution in [2.75, 3.05) is 13.1 Å². The SMILES string of the molecule is Cc1cc(C2=CCNC2)ccc1F. The van der Waals surface area contributed by atoms with E-state index in [1.165, 1.54) is 11.6 Å². The van der Waals surface area contributed by atoms with Crippen LogP contribution in [0.3, 0.4) is 0 Å². The molecule has 0 bridgehead atoms. The average molecular weight is 177 g/mol. The summed E-state index contributed by atoms with van der Waals surface area (Å²) in [6.07, 6.45) is 2.15. The van der Waals surface area contributed by atoms with Gasteiger partial charge in [0.15, 0.2) is 0 Å². The van der Waals surface area contributed by atoms with Gasteiger partial charge in [0, 0.05) is 13.1 Å². The maximum absolute atomic E-state index is 13.0. The number of hydrogen-bond donors (Lipinski definition) is 1. The molecule has 0 aromatic heterocycles. The summed E-state index contributed by atoms with van der Waals surface area (Å²) in [5.74, 6) is -0.129. The molecular weight excluding hydrogens is 165 g/mol. The maximum Gasteiger partial charge on any atom is 0.126 e. The molecule has 2 heteroatoms. The van der Waals surface area contributed by atoms with Crippen molar-refractivity contribution in [1.82, 2.24) is 5.32 Å². The summed E-state index contributed by atoms with van der Waals surface area (Å²) >= 11 is 0. The fourth-order valence-corrected chi connectivity index (χ4v) is 1.54. The first kappa shape index (κ1) is 8.45.